The van der Waals surface area contributed by atoms with Crippen LogP contribution in [0.25, 0.3) is 0 Å². The molecule has 1 fully saturated rings. The Kier molecular flexibility index (Phi) is 3.70. The minimum atomic E-state index is -0.715. The van der Waals surface area contributed by atoms with Crippen molar-refractivity contribution < 1.29 is 14.3 Å². The second-order valence-corrected chi connectivity index (χ2v) is 9.62. The molecule has 0 aromatic heterocycles. The number of esters is 1. The second kappa shape index (κ2) is 5.29. The van der Waals surface area contributed by atoms with E-state index in [2.05, 4.69) is 65.6 Å². The molecule has 4 bridgehead atoms. The van der Waals surface area contributed by atoms with Gasteiger partial charge in [0.15, 0.2) is 11.9 Å². The zero-order valence-corrected chi connectivity index (χ0v) is 17.8. The molecule has 1 aliphatic heterocycles. The summed E-state index contributed by atoms with van der Waals surface area (Å²) >= 11 is 7.50. The van der Waals surface area contributed by atoms with Crippen molar-refractivity contribution in [3.05, 3.63) is 43.9 Å². The van der Waals surface area contributed by atoms with Crippen LogP contribution < -0.4 is 0 Å². The fourth-order valence-corrected chi connectivity index (χ4v) is 6.89. The van der Waals surface area contributed by atoms with Crippen LogP contribution in [-0.2, 0) is 26.2 Å². The largest absolute Gasteiger partial charge is 0.453 e. The van der Waals surface area contributed by atoms with Crippen LogP contribution in [0.3, 0.4) is 0 Å². The average molecular weight is 468 g/mol. The summed E-state index contributed by atoms with van der Waals surface area (Å²) in [6.07, 6.45) is 3.72. The summed E-state index contributed by atoms with van der Waals surface area (Å²) < 4.78 is 7.66. The van der Waals surface area contributed by atoms with Gasteiger partial charge in [-0.2, -0.15) is 0 Å². The fourth-order valence-electron chi connectivity index (χ4n) is 4.95. The van der Waals surface area contributed by atoms with E-state index in [0.29, 0.717) is 0 Å². The zero-order chi connectivity index (χ0) is 18.3. The van der Waals surface area contributed by atoms with E-state index in [1.54, 1.807) is 6.08 Å². The highest BCUT2D eigenvalue weighted by Crippen LogP contribution is 2.64. The van der Waals surface area contributed by atoms with Crippen molar-refractivity contribution in [3.8, 4) is 0 Å². The number of benzene rings is 1. The van der Waals surface area contributed by atoms with Crippen molar-refractivity contribution in [1.82, 2.24) is 0 Å². The van der Waals surface area contributed by atoms with Crippen LogP contribution in [0, 0.1) is 11.3 Å². The van der Waals surface area contributed by atoms with E-state index in [9.17, 15) is 9.59 Å². The van der Waals surface area contributed by atoms with Crippen LogP contribution in [0.2, 0.25) is 0 Å². The molecule has 4 atom stereocenters. The molecule has 0 N–H and O–H groups in total. The monoisotopic (exact) mass is 466 g/mol. The lowest BCUT2D eigenvalue weighted by Gasteiger charge is -2.52. The number of halogens is 2. The molecule has 0 saturated carbocycles. The number of carbonyl (C=O) groups excluding carboxylic acids is 2. The Morgan fingerprint density at radius 1 is 1.20 bits per heavy atom. The second-order valence-electron chi connectivity index (χ2n) is 7.97. The van der Waals surface area contributed by atoms with Gasteiger partial charge in [-0.15, -0.1) is 0 Å². The quantitative estimate of drug-likeness (QED) is 0.555. The van der Waals surface area contributed by atoms with E-state index in [-0.39, 0.29) is 29.0 Å². The van der Waals surface area contributed by atoms with Crippen molar-refractivity contribution in [1.29, 1.82) is 0 Å². The Labute approximate surface area is 164 Å². The number of hydrogen-bond acceptors (Lipinski definition) is 3. The van der Waals surface area contributed by atoms with Crippen molar-refractivity contribution >= 4 is 43.6 Å². The van der Waals surface area contributed by atoms with E-state index in [0.717, 1.165) is 26.5 Å². The molecular formula is C20H20Br2O3. The molecule has 3 nitrogen and oxygen atoms in total. The first-order chi connectivity index (χ1) is 11.6. The van der Waals surface area contributed by atoms with Crippen LogP contribution in [0.1, 0.15) is 50.3 Å². The van der Waals surface area contributed by atoms with Crippen molar-refractivity contribution in [2.75, 3.05) is 0 Å². The Hall–Kier alpha value is -0.940. The molecule has 25 heavy (non-hydrogen) atoms. The maximum Gasteiger partial charge on any atom is 0.311 e. The molecule has 0 amide bonds. The van der Waals surface area contributed by atoms with E-state index >= 15 is 0 Å². The van der Waals surface area contributed by atoms with Gasteiger partial charge in [0, 0.05) is 20.3 Å². The van der Waals surface area contributed by atoms with Gasteiger partial charge in [0.2, 0.25) is 0 Å². The third-order valence-corrected chi connectivity index (χ3v) is 8.37. The maximum absolute atomic E-state index is 12.8. The summed E-state index contributed by atoms with van der Waals surface area (Å²) in [5, 5.41) is 0. The smallest absolute Gasteiger partial charge is 0.311 e. The summed E-state index contributed by atoms with van der Waals surface area (Å²) in [4.78, 5) is 25.4. The molecule has 1 heterocycles. The molecule has 1 aromatic rings. The van der Waals surface area contributed by atoms with E-state index in [1.807, 2.05) is 6.08 Å². The number of rotatable bonds is 1. The van der Waals surface area contributed by atoms with Crippen molar-refractivity contribution in [3.63, 3.8) is 0 Å². The molecular weight excluding hydrogens is 448 g/mol. The van der Waals surface area contributed by atoms with Gasteiger partial charge in [-0.25, -0.2) is 0 Å². The first-order valence-electron chi connectivity index (χ1n) is 8.60. The predicted molar refractivity (Wildman–Crippen MR) is 103 cm³/mol. The highest BCUT2D eigenvalue weighted by molar-refractivity contribution is 9.11. The first-order valence-corrected chi connectivity index (χ1v) is 10.2. The molecule has 1 unspecified atom stereocenters. The fraction of sp³-hybridized carbons (Fsp3) is 0.500. The standard InChI is InChI=1S/C20H20Br2O3/c1-5-9-11(21)8-10-13(16(9)22)14-15-18(24)25-17(14)12(23)6-7-20(15,4)19(10,2)3/h6-8,14-15,17H,5H2,1-4H3/t14-,15+,17-,20?/m1/s1. The van der Waals surface area contributed by atoms with Crippen molar-refractivity contribution in [2.45, 2.75) is 51.6 Å². The lowest BCUT2D eigenvalue weighted by Crippen LogP contribution is -2.51. The maximum atomic E-state index is 12.8. The van der Waals surface area contributed by atoms with E-state index in [4.69, 9.17) is 4.74 Å². The highest BCUT2D eigenvalue weighted by atomic mass is 79.9. The SMILES string of the molecule is CCc1c(Br)cc2c(c1Br)[C@H]1[C@@H]3OC(=O)[C@H]1C(C)(C=CC3=O)C2(C)C. The molecule has 4 rings (SSSR count). The number of ketones is 1. The third-order valence-electron chi connectivity index (χ3n) is 6.76. The lowest BCUT2D eigenvalue weighted by molar-refractivity contribution is -0.150. The molecule has 1 saturated heterocycles. The molecule has 5 heteroatoms. The molecule has 0 radical (unpaired) electrons. The molecule has 1 aromatic carbocycles. The van der Waals surface area contributed by atoms with Gasteiger partial charge >= 0.3 is 5.97 Å². The van der Waals surface area contributed by atoms with Crippen molar-refractivity contribution in [2.24, 2.45) is 11.3 Å². The highest BCUT2D eigenvalue weighted by Gasteiger charge is 2.65. The summed E-state index contributed by atoms with van der Waals surface area (Å²) in [5.74, 6) is -0.941. The molecule has 132 valence electrons. The number of ether oxygens (including phenoxy) is 1. The normalized spacial score (nSPS) is 34.6. The third kappa shape index (κ3) is 1.97. The summed E-state index contributed by atoms with van der Waals surface area (Å²) in [7, 11) is 0. The van der Waals surface area contributed by atoms with E-state index in [1.165, 1.54) is 5.56 Å². The number of hydrogen-bond donors (Lipinski definition) is 0. The van der Waals surface area contributed by atoms with Gasteiger partial charge < -0.3 is 4.74 Å². The van der Waals surface area contributed by atoms with Crippen LogP contribution in [0.15, 0.2) is 27.2 Å². The van der Waals surface area contributed by atoms with Gasteiger partial charge in [0.1, 0.15) is 0 Å². The van der Waals surface area contributed by atoms with Crippen LogP contribution in [-0.4, -0.2) is 17.9 Å². The number of carbonyl (C=O) groups is 2. The average Bonchev–Trinajstić information content (AvgIpc) is 2.84. The predicted octanol–water partition coefficient (Wildman–Crippen LogP) is 4.84. The minimum Gasteiger partial charge on any atom is -0.453 e. The summed E-state index contributed by atoms with van der Waals surface area (Å²) in [6.45, 7) is 8.51. The molecule has 2 aliphatic carbocycles. The number of allylic oxidation sites excluding steroid dienone is 1. The summed E-state index contributed by atoms with van der Waals surface area (Å²) in [6, 6.07) is 2.18. The first kappa shape index (κ1) is 17.5. The van der Waals surface area contributed by atoms with Gasteiger partial charge in [-0.05, 0) is 40.7 Å². The summed E-state index contributed by atoms with van der Waals surface area (Å²) in [5.41, 5.74) is 2.61. The Morgan fingerprint density at radius 2 is 1.88 bits per heavy atom. The van der Waals surface area contributed by atoms with Gasteiger partial charge in [-0.1, -0.05) is 65.6 Å². The minimum absolute atomic E-state index is 0.110. The Balaban J connectivity index is 2.14. The Morgan fingerprint density at radius 3 is 2.52 bits per heavy atom. The van der Waals surface area contributed by atoms with Gasteiger partial charge in [0.25, 0.3) is 0 Å². The molecule has 0 spiro atoms. The zero-order valence-electron chi connectivity index (χ0n) is 14.7. The lowest BCUT2D eigenvalue weighted by atomic mass is 9.49. The van der Waals surface area contributed by atoms with E-state index < -0.39 is 11.5 Å². The van der Waals surface area contributed by atoms with Gasteiger partial charge in [-0.3, -0.25) is 9.59 Å². The number of fused-ring (bicyclic) bond motifs is 1. The van der Waals surface area contributed by atoms with Crippen LogP contribution in [0.5, 0.6) is 0 Å². The topological polar surface area (TPSA) is 43.4 Å². The van der Waals surface area contributed by atoms with Crippen LogP contribution >= 0.6 is 31.9 Å². The van der Waals surface area contributed by atoms with Gasteiger partial charge in [0.05, 0.1) is 5.92 Å². The molecule has 3 aliphatic rings. The van der Waals surface area contributed by atoms with Crippen LogP contribution in [0.4, 0.5) is 0 Å². The Bertz CT molecular complexity index is 855.